The van der Waals surface area contributed by atoms with Crippen LogP contribution >= 0.6 is 0 Å². The number of rotatable bonds is 2. The summed E-state index contributed by atoms with van der Waals surface area (Å²) in [6.45, 7) is 1.66. The Morgan fingerprint density at radius 1 is 1.00 bits per heavy atom. The monoisotopic (exact) mass is 262 g/mol. The molecule has 0 amide bonds. The molecule has 19 heavy (non-hydrogen) atoms. The average molecular weight is 262 g/mol. The Balaban J connectivity index is 2.49. The molecule has 0 fully saturated rings. The SMILES string of the molecule is Cc1ccc(C(=O)c2cc(O)c(O)cc2F)cc1O. The molecule has 0 aromatic heterocycles. The van der Waals surface area contributed by atoms with Crippen LogP contribution in [0.5, 0.6) is 17.2 Å². The number of aromatic hydroxyl groups is 3. The number of benzene rings is 2. The van der Waals surface area contributed by atoms with E-state index in [4.69, 9.17) is 5.11 Å². The van der Waals surface area contributed by atoms with Crippen LogP contribution in [0.1, 0.15) is 21.5 Å². The molecule has 4 nitrogen and oxygen atoms in total. The Labute approximate surface area is 108 Å². The minimum atomic E-state index is -0.944. The molecule has 0 aliphatic heterocycles. The minimum Gasteiger partial charge on any atom is -0.508 e. The Hall–Kier alpha value is -2.56. The molecule has 0 bridgehead atoms. The summed E-state index contributed by atoms with van der Waals surface area (Å²) in [6.07, 6.45) is 0. The van der Waals surface area contributed by atoms with Gasteiger partial charge in [-0.1, -0.05) is 12.1 Å². The number of hydrogen-bond donors (Lipinski definition) is 3. The van der Waals surface area contributed by atoms with E-state index in [1.807, 2.05) is 0 Å². The van der Waals surface area contributed by atoms with E-state index in [0.717, 1.165) is 6.07 Å². The molecule has 2 aromatic carbocycles. The molecular weight excluding hydrogens is 251 g/mol. The molecule has 0 heterocycles. The first kappa shape index (κ1) is 12.9. The zero-order valence-electron chi connectivity index (χ0n) is 10.0. The molecule has 0 saturated carbocycles. The predicted octanol–water partition coefficient (Wildman–Crippen LogP) is 2.48. The Morgan fingerprint density at radius 2 is 1.63 bits per heavy atom. The van der Waals surface area contributed by atoms with Crippen LogP contribution in [-0.4, -0.2) is 21.1 Å². The summed E-state index contributed by atoms with van der Waals surface area (Å²) >= 11 is 0. The molecule has 98 valence electrons. The van der Waals surface area contributed by atoms with Gasteiger partial charge in [0.05, 0.1) is 5.56 Å². The quantitative estimate of drug-likeness (QED) is 0.574. The van der Waals surface area contributed by atoms with E-state index in [2.05, 4.69) is 0 Å². The maximum Gasteiger partial charge on any atom is 0.196 e. The van der Waals surface area contributed by atoms with Gasteiger partial charge < -0.3 is 15.3 Å². The van der Waals surface area contributed by atoms with Gasteiger partial charge in [-0.15, -0.1) is 0 Å². The number of phenolic OH excluding ortho intramolecular Hbond substituents is 3. The van der Waals surface area contributed by atoms with Gasteiger partial charge in [-0.3, -0.25) is 4.79 Å². The second kappa shape index (κ2) is 4.61. The highest BCUT2D eigenvalue weighted by atomic mass is 19.1. The highest BCUT2D eigenvalue weighted by Gasteiger charge is 2.17. The molecule has 2 aromatic rings. The van der Waals surface area contributed by atoms with Crippen LogP contribution in [0.25, 0.3) is 0 Å². The van der Waals surface area contributed by atoms with Crippen molar-refractivity contribution in [1.29, 1.82) is 0 Å². The van der Waals surface area contributed by atoms with Crippen molar-refractivity contribution in [3.63, 3.8) is 0 Å². The van der Waals surface area contributed by atoms with Gasteiger partial charge in [-0.05, 0) is 24.6 Å². The van der Waals surface area contributed by atoms with Gasteiger partial charge in [0.15, 0.2) is 17.3 Å². The van der Waals surface area contributed by atoms with E-state index < -0.39 is 23.1 Å². The second-order valence-corrected chi connectivity index (χ2v) is 4.15. The molecule has 0 spiro atoms. The standard InChI is InChI=1S/C14H11FO4/c1-7-2-3-8(4-11(7)16)14(19)9-5-12(17)13(18)6-10(9)15/h2-6,16-18H,1H3. The maximum absolute atomic E-state index is 13.6. The highest BCUT2D eigenvalue weighted by molar-refractivity contribution is 6.09. The van der Waals surface area contributed by atoms with E-state index in [0.29, 0.717) is 11.6 Å². The largest absolute Gasteiger partial charge is 0.508 e. The van der Waals surface area contributed by atoms with Gasteiger partial charge in [-0.2, -0.15) is 0 Å². The maximum atomic E-state index is 13.6. The molecule has 0 saturated heterocycles. The van der Waals surface area contributed by atoms with Gasteiger partial charge in [0.1, 0.15) is 11.6 Å². The summed E-state index contributed by atoms with van der Waals surface area (Å²) < 4.78 is 13.6. The van der Waals surface area contributed by atoms with Crippen LogP contribution in [0.2, 0.25) is 0 Å². The molecule has 0 unspecified atom stereocenters. The number of phenols is 3. The van der Waals surface area contributed by atoms with E-state index in [9.17, 15) is 19.4 Å². The number of carbonyl (C=O) groups is 1. The zero-order chi connectivity index (χ0) is 14.2. The van der Waals surface area contributed by atoms with Crippen LogP contribution < -0.4 is 0 Å². The lowest BCUT2D eigenvalue weighted by atomic mass is 10.0. The molecule has 5 heteroatoms. The van der Waals surface area contributed by atoms with E-state index >= 15 is 0 Å². The number of aryl methyl sites for hydroxylation is 1. The summed E-state index contributed by atoms with van der Waals surface area (Å²) in [5, 5.41) is 27.9. The lowest BCUT2D eigenvalue weighted by Crippen LogP contribution is -2.04. The molecule has 3 N–H and O–H groups in total. The lowest BCUT2D eigenvalue weighted by molar-refractivity contribution is 0.103. The molecule has 0 aliphatic carbocycles. The van der Waals surface area contributed by atoms with Gasteiger partial charge in [0.2, 0.25) is 0 Å². The normalized spacial score (nSPS) is 10.4. The van der Waals surface area contributed by atoms with Gasteiger partial charge in [-0.25, -0.2) is 4.39 Å². The van der Waals surface area contributed by atoms with Crippen molar-refractivity contribution in [2.45, 2.75) is 6.92 Å². The van der Waals surface area contributed by atoms with E-state index in [-0.39, 0.29) is 16.9 Å². The Kier molecular flexibility index (Phi) is 3.12. The summed E-state index contributed by atoms with van der Waals surface area (Å²) in [5.41, 5.74) is 0.302. The number of carbonyl (C=O) groups excluding carboxylic acids is 1. The smallest absolute Gasteiger partial charge is 0.196 e. The zero-order valence-corrected chi connectivity index (χ0v) is 10.0. The van der Waals surface area contributed by atoms with Crippen molar-refractivity contribution in [3.05, 3.63) is 52.8 Å². The van der Waals surface area contributed by atoms with Crippen LogP contribution in [-0.2, 0) is 0 Å². The third kappa shape index (κ3) is 2.35. The van der Waals surface area contributed by atoms with Crippen molar-refractivity contribution in [3.8, 4) is 17.2 Å². The fourth-order valence-corrected chi connectivity index (χ4v) is 1.63. The lowest BCUT2D eigenvalue weighted by Gasteiger charge is -2.06. The van der Waals surface area contributed by atoms with Crippen molar-refractivity contribution in [2.24, 2.45) is 0 Å². The topological polar surface area (TPSA) is 77.8 Å². The van der Waals surface area contributed by atoms with Crippen molar-refractivity contribution >= 4 is 5.78 Å². The van der Waals surface area contributed by atoms with Crippen LogP contribution in [0.3, 0.4) is 0 Å². The summed E-state index contributed by atoms with van der Waals surface area (Å²) in [7, 11) is 0. The molecule has 0 atom stereocenters. The third-order valence-corrected chi connectivity index (χ3v) is 2.78. The number of halogens is 1. The first-order valence-corrected chi connectivity index (χ1v) is 5.46. The number of ketones is 1. The molecule has 0 aliphatic rings. The van der Waals surface area contributed by atoms with Gasteiger partial charge >= 0.3 is 0 Å². The van der Waals surface area contributed by atoms with E-state index in [1.54, 1.807) is 6.92 Å². The van der Waals surface area contributed by atoms with Crippen molar-refractivity contribution in [2.75, 3.05) is 0 Å². The Bertz CT molecular complexity index is 665. The Morgan fingerprint density at radius 3 is 2.26 bits per heavy atom. The molecule has 0 radical (unpaired) electrons. The summed E-state index contributed by atoms with van der Waals surface area (Å²) in [5.74, 6) is -2.93. The van der Waals surface area contributed by atoms with Crippen LogP contribution in [0.15, 0.2) is 30.3 Å². The fourth-order valence-electron chi connectivity index (χ4n) is 1.63. The minimum absolute atomic E-state index is 0.0748. The highest BCUT2D eigenvalue weighted by Crippen LogP contribution is 2.29. The summed E-state index contributed by atoms with van der Waals surface area (Å²) in [6, 6.07) is 5.71. The molecular formula is C14H11FO4. The summed E-state index contributed by atoms with van der Waals surface area (Å²) in [4.78, 5) is 12.1. The van der Waals surface area contributed by atoms with Crippen LogP contribution in [0.4, 0.5) is 4.39 Å². The van der Waals surface area contributed by atoms with Crippen molar-refractivity contribution in [1.82, 2.24) is 0 Å². The average Bonchev–Trinajstić information content (AvgIpc) is 2.36. The second-order valence-electron chi connectivity index (χ2n) is 4.15. The molecule has 2 rings (SSSR count). The van der Waals surface area contributed by atoms with Crippen LogP contribution in [0, 0.1) is 12.7 Å². The number of hydrogen-bond acceptors (Lipinski definition) is 4. The first-order chi connectivity index (χ1) is 8.90. The van der Waals surface area contributed by atoms with Gasteiger partial charge in [0, 0.05) is 11.6 Å². The third-order valence-electron chi connectivity index (χ3n) is 2.78. The van der Waals surface area contributed by atoms with Crippen molar-refractivity contribution < 1.29 is 24.5 Å². The van der Waals surface area contributed by atoms with Gasteiger partial charge in [0.25, 0.3) is 0 Å². The fraction of sp³-hybridized carbons (Fsp3) is 0.0714. The van der Waals surface area contributed by atoms with E-state index in [1.165, 1.54) is 18.2 Å². The first-order valence-electron chi connectivity index (χ1n) is 5.46. The predicted molar refractivity (Wildman–Crippen MR) is 66.0 cm³/mol.